The number of nitrogens with zero attached hydrogens (tertiary/aromatic N) is 1. The van der Waals surface area contributed by atoms with E-state index < -0.39 is 35.0 Å². The van der Waals surface area contributed by atoms with E-state index in [-0.39, 0.29) is 28.7 Å². The number of rotatable bonds is 10. The Hall–Kier alpha value is -2.67. The maximum Gasteiger partial charge on any atom is 0.417 e. The fraction of sp³-hybridized carbons (Fsp3) is 0.462. The van der Waals surface area contributed by atoms with Crippen molar-refractivity contribution in [2.75, 3.05) is 18.1 Å². The van der Waals surface area contributed by atoms with Gasteiger partial charge < -0.3 is 5.32 Å². The Kier molecular flexibility index (Phi) is 9.89. The zero-order valence-electron chi connectivity index (χ0n) is 20.2. The molecule has 1 amide bonds. The summed E-state index contributed by atoms with van der Waals surface area (Å²) in [6, 6.07) is 6.75. The number of carbonyl (C=O) groups is 1. The summed E-state index contributed by atoms with van der Waals surface area (Å²) in [5, 5.41) is 12.2. The molecule has 0 bridgehead atoms. The third-order valence-corrected chi connectivity index (χ3v) is 7.36. The van der Waals surface area contributed by atoms with E-state index in [1.165, 1.54) is 0 Å². The van der Waals surface area contributed by atoms with Crippen LogP contribution >= 0.6 is 11.8 Å². The molecular weight excluding hydrogens is 502 g/mol. The molecule has 0 aliphatic heterocycles. The van der Waals surface area contributed by atoms with Crippen LogP contribution in [0.25, 0.3) is 11.1 Å². The van der Waals surface area contributed by atoms with Crippen LogP contribution in [0, 0.1) is 16.7 Å². The zero-order chi connectivity index (χ0) is 27.1. The topological polar surface area (TPSA) is 52.9 Å². The summed E-state index contributed by atoms with van der Waals surface area (Å²) >= 11 is 1.75. The van der Waals surface area contributed by atoms with Gasteiger partial charge in [-0.3, -0.25) is 4.79 Å². The molecule has 0 atom stereocenters. The summed E-state index contributed by atoms with van der Waals surface area (Å²) in [7, 11) is 0. The van der Waals surface area contributed by atoms with Gasteiger partial charge in [0.1, 0.15) is 0 Å². The minimum Gasteiger partial charge on any atom is -0.351 e. The van der Waals surface area contributed by atoms with E-state index >= 15 is 0 Å². The van der Waals surface area contributed by atoms with E-state index in [0.29, 0.717) is 6.07 Å². The average molecular weight is 531 g/mol. The second kappa shape index (κ2) is 12.0. The SMILES string of the molecule is CCSCCC(CC)(CC)CNC(=O)c1cc(C#N)c(-c2ccc(C(F)(F)F)cc2)cc1C(F)(F)F. The van der Waals surface area contributed by atoms with Crippen LogP contribution < -0.4 is 5.32 Å². The summed E-state index contributed by atoms with van der Waals surface area (Å²) in [6.07, 6.45) is -7.28. The highest BCUT2D eigenvalue weighted by atomic mass is 32.2. The Balaban J connectivity index is 2.46. The van der Waals surface area contributed by atoms with Crippen LogP contribution in [0.5, 0.6) is 0 Å². The molecule has 0 unspecified atom stereocenters. The number of amides is 1. The fourth-order valence-corrected chi connectivity index (χ4v) is 4.80. The van der Waals surface area contributed by atoms with Crippen molar-refractivity contribution >= 4 is 17.7 Å². The van der Waals surface area contributed by atoms with E-state index in [9.17, 15) is 36.4 Å². The van der Waals surface area contributed by atoms with Crippen molar-refractivity contribution < 1.29 is 31.1 Å². The zero-order valence-corrected chi connectivity index (χ0v) is 21.1. The number of nitriles is 1. The number of halogens is 6. The van der Waals surface area contributed by atoms with E-state index in [1.807, 2.05) is 20.8 Å². The van der Waals surface area contributed by atoms with Gasteiger partial charge in [-0.25, -0.2) is 0 Å². The number of carbonyl (C=O) groups excluding carboxylic acids is 1. The predicted octanol–water partition coefficient (Wildman–Crippen LogP) is 7.94. The average Bonchev–Trinajstić information content (AvgIpc) is 2.84. The first-order chi connectivity index (χ1) is 16.8. The highest BCUT2D eigenvalue weighted by Gasteiger charge is 2.37. The second-order valence-electron chi connectivity index (χ2n) is 8.46. The van der Waals surface area contributed by atoms with Gasteiger partial charge in [-0.05, 0) is 66.0 Å². The van der Waals surface area contributed by atoms with Gasteiger partial charge in [0, 0.05) is 12.1 Å². The molecule has 0 aromatic heterocycles. The molecule has 2 rings (SSSR count). The molecule has 0 radical (unpaired) electrons. The third-order valence-electron chi connectivity index (χ3n) is 6.46. The van der Waals surface area contributed by atoms with Gasteiger partial charge in [0.25, 0.3) is 5.91 Å². The number of hydrogen-bond acceptors (Lipinski definition) is 3. The first kappa shape index (κ1) is 29.6. The first-order valence-electron chi connectivity index (χ1n) is 11.5. The molecule has 0 saturated carbocycles. The summed E-state index contributed by atoms with van der Waals surface area (Å²) in [5.74, 6) is 0.849. The molecule has 1 N–H and O–H groups in total. The third kappa shape index (κ3) is 7.19. The molecule has 10 heteroatoms. The van der Waals surface area contributed by atoms with E-state index in [1.54, 1.807) is 17.8 Å². The lowest BCUT2D eigenvalue weighted by Crippen LogP contribution is -2.38. The number of thioether (sulfide) groups is 1. The van der Waals surface area contributed by atoms with Crippen LogP contribution in [0.1, 0.15) is 67.1 Å². The summed E-state index contributed by atoms with van der Waals surface area (Å²) in [5.41, 5.74) is -3.64. The second-order valence-corrected chi connectivity index (χ2v) is 9.86. The maximum absolute atomic E-state index is 14.0. The Labute approximate surface area is 211 Å². The molecular formula is C26H28F6N2OS. The predicted molar refractivity (Wildman–Crippen MR) is 130 cm³/mol. The largest absolute Gasteiger partial charge is 0.417 e. The van der Waals surface area contributed by atoms with Crippen LogP contribution in [-0.2, 0) is 12.4 Å². The lowest BCUT2D eigenvalue weighted by atomic mass is 9.79. The Bertz CT molecular complexity index is 1080. The molecule has 2 aromatic carbocycles. The van der Waals surface area contributed by atoms with Crippen molar-refractivity contribution in [1.29, 1.82) is 5.26 Å². The maximum atomic E-state index is 14.0. The van der Waals surface area contributed by atoms with E-state index in [2.05, 4.69) is 5.32 Å². The van der Waals surface area contributed by atoms with Gasteiger partial charge in [0.15, 0.2) is 0 Å². The molecule has 0 aliphatic carbocycles. The molecule has 0 fully saturated rings. The van der Waals surface area contributed by atoms with Gasteiger partial charge in [-0.1, -0.05) is 32.9 Å². The number of hydrogen-bond donors (Lipinski definition) is 1. The van der Waals surface area contributed by atoms with Crippen LogP contribution in [0.15, 0.2) is 36.4 Å². The molecule has 196 valence electrons. The first-order valence-corrected chi connectivity index (χ1v) is 12.7. The fourth-order valence-electron chi connectivity index (χ4n) is 3.93. The summed E-state index contributed by atoms with van der Waals surface area (Å²) in [4.78, 5) is 12.9. The van der Waals surface area contributed by atoms with Crippen LogP contribution in [0.2, 0.25) is 0 Å². The summed E-state index contributed by atoms with van der Waals surface area (Å²) in [6.45, 7) is 6.16. The normalized spacial score (nSPS) is 12.3. The number of nitrogens with one attached hydrogen (secondary N) is 1. The molecule has 0 aliphatic rings. The molecule has 0 saturated heterocycles. The van der Waals surface area contributed by atoms with Crippen LogP contribution in [-0.4, -0.2) is 24.0 Å². The lowest BCUT2D eigenvalue weighted by Gasteiger charge is -2.32. The van der Waals surface area contributed by atoms with Gasteiger partial charge in [0.2, 0.25) is 0 Å². The van der Waals surface area contributed by atoms with Gasteiger partial charge in [-0.15, -0.1) is 0 Å². The van der Waals surface area contributed by atoms with Crippen molar-refractivity contribution in [2.45, 2.75) is 52.4 Å². The monoisotopic (exact) mass is 530 g/mol. The minimum atomic E-state index is -4.92. The van der Waals surface area contributed by atoms with Crippen molar-refractivity contribution in [1.82, 2.24) is 5.32 Å². The molecule has 0 spiro atoms. The Morgan fingerprint density at radius 1 is 0.972 bits per heavy atom. The standard InChI is InChI=1S/C26H28F6N2OS/c1-4-24(5-2,11-12-36-6-3)16-34-23(35)21-13-18(15-33)20(14-22(21)26(30,31)32)17-7-9-19(10-8-17)25(27,28)29/h7-10,13-14H,4-6,11-12,16H2,1-3H3,(H,34,35). The Morgan fingerprint density at radius 2 is 1.58 bits per heavy atom. The number of alkyl halides is 6. The van der Waals surface area contributed by atoms with Crippen molar-refractivity contribution in [2.24, 2.45) is 5.41 Å². The minimum absolute atomic E-state index is 0.00131. The molecule has 3 nitrogen and oxygen atoms in total. The highest BCUT2D eigenvalue weighted by Crippen LogP contribution is 2.38. The molecule has 2 aromatic rings. The number of benzene rings is 2. The van der Waals surface area contributed by atoms with Gasteiger partial charge in [-0.2, -0.15) is 43.4 Å². The van der Waals surface area contributed by atoms with Crippen molar-refractivity contribution in [3.8, 4) is 17.2 Å². The quantitative estimate of drug-likeness (QED) is 0.251. The smallest absolute Gasteiger partial charge is 0.351 e. The summed E-state index contributed by atoms with van der Waals surface area (Å²) < 4.78 is 80.5. The Morgan fingerprint density at radius 3 is 2.06 bits per heavy atom. The highest BCUT2D eigenvalue weighted by molar-refractivity contribution is 7.99. The van der Waals surface area contributed by atoms with Crippen LogP contribution in [0.4, 0.5) is 26.3 Å². The van der Waals surface area contributed by atoms with Crippen molar-refractivity contribution in [3.05, 3.63) is 58.7 Å². The van der Waals surface area contributed by atoms with E-state index in [4.69, 9.17) is 0 Å². The van der Waals surface area contributed by atoms with Gasteiger partial charge in [0.05, 0.1) is 28.3 Å². The van der Waals surface area contributed by atoms with Crippen molar-refractivity contribution in [3.63, 3.8) is 0 Å². The lowest BCUT2D eigenvalue weighted by molar-refractivity contribution is -0.138. The van der Waals surface area contributed by atoms with E-state index in [0.717, 1.165) is 61.1 Å². The van der Waals surface area contributed by atoms with Gasteiger partial charge >= 0.3 is 12.4 Å². The van der Waals surface area contributed by atoms with Crippen LogP contribution in [0.3, 0.4) is 0 Å². The molecule has 0 heterocycles. The molecule has 36 heavy (non-hydrogen) atoms.